The largest absolute Gasteiger partial charge is 0.337 e. The smallest absolute Gasteiger partial charge is 0.255 e. The number of hydrogen-bond acceptors (Lipinski definition) is 4. The van der Waals surface area contributed by atoms with Crippen molar-refractivity contribution in [1.29, 1.82) is 0 Å². The fourth-order valence-electron chi connectivity index (χ4n) is 2.58. The van der Waals surface area contributed by atoms with E-state index in [4.69, 9.17) is 0 Å². The molecule has 0 aliphatic carbocycles. The van der Waals surface area contributed by atoms with Gasteiger partial charge >= 0.3 is 0 Å². The zero-order valence-corrected chi connectivity index (χ0v) is 12.9. The Kier molecular flexibility index (Phi) is 4.31. The first-order chi connectivity index (χ1) is 10.3. The predicted molar refractivity (Wildman–Crippen MR) is 85.7 cm³/mol. The van der Waals surface area contributed by atoms with Crippen LogP contribution in [0.25, 0.3) is 11.3 Å². The van der Waals surface area contributed by atoms with Crippen LogP contribution in [0.1, 0.15) is 22.5 Å². The van der Waals surface area contributed by atoms with Gasteiger partial charge in [0.25, 0.3) is 5.91 Å². The van der Waals surface area contributed by atoms with E-state index < -0.39 is 0 Å². The third-order valence-corrected chi connectivity index (χ3v) is 4.44. The van der Waals surface area contributed by atoms with Crippen LogP contribution >= 0.6 is 11.3 Å². The number of carbonyl (C=O) groups excluding carboxylic acids is 1. The fraction of sp³-hybridized carbons (Fsp3) is 0.375. The average Bonchev–Trinajstić information content (AvgIpc) is 2.89. The maximum absolute atomic E-state index is 12.6. The standard InChI is InChI=1S/C16H19N3OS/c1-12-14(16(20)19-8-2-6-17-7-9-19)3-4-15(18-12)13-5-10-21-11-13/h3-5,10-11,17H,2,6-9H2,1H3. The van der Waals surface area contributed by atoms with E-state index in [2.05, 4.69) is 21.7 Å². The van der Waals surface area contributed by atoms with E-state index in [1.165, 1.54) is 0 Å². The number of carbonyl (C=O) groups is 1. The van der Waals surface area contributed by atoms with Gasteiger partial charge in [-0.2, -0.15) is 11.3 Å². The molecule has 1 N–H and O–H groups in total. The monoisotopic (exact) mass is 301 g/mol. The summed E-state index contributed by atoms with van der Waals surface area (Å²) in [5.74, 6) is 0.0977. The highest BCUT2D eigenvalue weighted by Gasteiger charge is 2.19. The molecule has 0 atom stereocenters. The zero-order chi connectivity index (χ0) is 14.7. The molecule has 0 saturated carbocycles. The first-order valence-electron chi connectivity index (χ1n) is 7.26. The molecule has 0 radical (unpaired) electrons. The lowest BCUT2D eigenvalue weighted by molar-refractivity contribution is 0.0765. The zero-order valence-electron chi connectivity index (χ0n) is 12.1. The lowest BCUT2D eigenvalue weighted by Gasteiger charge is -2.20. The van der Waals surface area contributed by atoms with Crippen LogP contribution < -0.4 is 5.32 Å². The van der Waals surface area contributed by atoms with Crippen molar-refractivity contribution >= 4 is 17.2 Å². The molecule has 5 heteroatoms. The van der Waals surface area contributed by atoms with Gasteiger partial charge in [-0.15, -0.1) is 0 Å². The molecular formula is C16H19N3OS. The Morgan fingerprint density at radius 3 is 2.95 bits per heavy atom. The Morgan fingerprint density at radius 2 is 2.19 bits per heavy atom. The maximum atomic E-state index is 12.6. The summed E-state index contributed by atoms with van der Waals surface area (Å²) in [6, 6.07) is 5.91. The summed E-state index contributed by atoms with van der Waals surface area (Å²) in [5, 5.41) is 7.43. The average molecular weight is 301 g/mol. The number of aryl methyl sites for hydroxylation is 1. The van der Waals surface area contributed by atoms with Gasteiger partial charge in [-0.3, -0.25) is 9.78 Å². The topological polar surface area (TPSA) is 45.2 Å². The third kappa shape index (κ3) is 3.14. The number of amides is 1. The van der Waals surface area contributed by atoms with E-state index in [1.807, 2.05) is 29.3 Å². The van der Waals surface area contributed by atoms with Crippen LogP contribution in [-0.4, -0.2) is 42.0 Å². The number of pyridine rings is 1. The van der Waals surface area contributed by atoms with Gasteiger partial charge in [0.15, 0.2) is 0 Å². The van der Waals surface area contributed by atoms with E-state index in [9.17, 15) is 4.79 Å². The van der Waals surface area contributed by atoms with Crippen molar-refractivity contribution in [3.63, 3.8) is 0 Å². The fourth-order valence-corrected chi connectivity index (χ4v) is 3.23. The van der Waals surface area contributed by atoms with E-state index in [0.717, 1.165) is 55.1 Å². The molecule has 1 aliphatic heterocycles. The number of thiophene rings is 1. The lowest BCUT2D eigenvalue weighted by atomic mass is 10.1. The molecule has 1 amide bonds. The molecule has 21 heavy (non-hydrogen) atoms. The summed E-state index contributed by atoms with van der Waals surface area (Å²) in [6.07, 6.45) is 1.01. The predicted octanol–water partition coefficient (Wildman–Crippen LogP) is 2.55. The Labute approximate surface area is 128 Å². The quantitative estimate of drug-likeness (QED) is 0.927. The molecule has 1 aliphatic rings. The summed E-state index contributed by atoms with van der Waals surface area (Å²) in [5.41, 5.74) is 3.57. The SMILES string of the molecule is Cc1nc(-c2ccsc2)ccc1C(=O)N1CCCNCC1. The molecule has 0 aromatic carbocycles. The summed E-state index contributed by atoms with van der Waals surface area (Å²) in [6.45, 7) is 5.35. The van der Waals surface area contributed by atoms with Gasteiger partial charge in [-0.25, -0.2) is 0 Å². The second-order valence-electron chi connectivity index (χ2n) is 5.24. The summed E-state index contributed by atoms with van der Waals surface area (Å²) >= 11 is 1.65. The van der Waals surface area contributed by atoms with Crippen molar-refractivity contribution in [3.05, 3.63) is 40.2 Å². The van der Waals surface area contributed by atoms with Crippen LogP contribution in [0.15, 0.2) is 29.0 Å². The van der Waals surface area contributed by atoms with Crippen LogP contribution in [0, 0.1) is 6.92 Å². The van der Waals surface area contributed by atoms with Gasteiger partial charge in [0, 0.05) is 30.6 Å². The Bertz CT molecular complexity index is 616. The molecule has 2 aromatic heterocycles. The van der Waals surface area contributed by atoms with Crippen molar-refractivity contribution in [2.45, 2.75) is 13.3 Å². The van der Waals surface area contributed by atoms with Gasteiger partial charge < -0.3 is 10.2 Å². The van der Waals surface area contributed by atoms with Gasteiger partial charge in [0.05, 0.1) is 17.0 Å². The second kappa shape index (κ2) is 6.37. The van der Waals surface area contributed by atoms with Crippen molar-refractivity contribution in [1.82, 2.24) is 15.2 Å². The van der Waals surface area contributed by atoms with Crippen LogP contribution in [0.3, 0.4) is 0 Å². The number of nitrogens with one attached hydrogen (secondary N) is 1. The molecular weight excluding hydrogens is 282 g/mol. The minimum absolute atomic E-state index is 0.0977. The molecule has 0 bridgehead atoms. The van der Waals surface area contributed by atoms with Gasteiger partial charge in [-0.05, 0) is 43.5 Å². The number of aromatic nitrogens is 1. The second-order valence-corrected chi connectivity index (χ2v) is 6.02. The summed E-state index contributed by atoms with van der Waals surface area (Å²) in [4.78, 5) is 19.2. The Balaban J connectivity index is 1.83. The normalized spacial score (nSPS) is 15.8. The van der Waals surface area contributed by atoms with Gasteiger partial charge in [-0.1, -0.05) is 0 Å². The minimum atomic E-state index is 0.0977. The maximum Gasteiger partial charge on any atom is 0.255 e. The number of hydrogen-bond donors (Lipinski definition) is 1. The van der Waals surface area contributed by atoms with Crippen LogP contribution in [0.5, 0.6) is 0 Å². The Morgan fingerprint density at radius 1 is 1.29 bits per heavy atom. The highest BCUT2D eigenvalue weighted by Crippen LogP contribution is 2.22. The van der Waals surface area contributed by atoms with Gasteiger partial charge in [0.1, 0.15) is 0 Å². The molecule has 3 heterocycles. The lowest BCUT2D eigenvalue weighted by Crippen LogP contribution is -2.34. The van der Waals surface area contributed by atoms with Crippen molar-refractivity contribution in [2.24, 2.45) is 0 Å². The molecule has 2 aromatic rings. The molecule has 110 valence electrons. The van der Waals surface area contributed by atoms with Gasteiger partial charge in [0.2, 0.25) is 0 Å². The Hall–Kier alpha value is -1.72. The van der Waals surface area contributed by atoms with Crippen molar-refractivity contribution in [2.75, 3.05) is 26.2 Å². The molecule has 3 rings (SSSR count). The highest BCUT2D eigenvalue weighted by atomic mass is 32.1. The third-order valence-electron chi connectivity index (χ3n) is 3.76. The summed E-state index contributed by atoms with van der Waals surface area (Å²) in [7, 11) is 0. The van der Waals surface area contributed by atoms with E-state index in [-0.39, 0.29) is 5.91 Å². The van der Waals surface area contributed by atoms with E-state index >= 15 is 0 Å². The number of rotatable bonds is 2. The summed E-state index contributed by atoms with van der Waals surface area (Å²) < 4.78 is 0. The minimum Gasteiger partial charge on any atom is -0.337 e. The van der Waals surface area contributed by atoms with Crippen LogP contribution in [0.4, 0.5) is 0 Å². The van der Waals surface area contributed by atoms with E-state index in [1.54, 1.807) is 11.3 Å². The molecule has 4 nitrogen and oxygen atoms in total. The first kappa shape index (κ1) is 14.2. The van der Waals surface area contributed by atoms with Crippen LogP contribution in [-0.2, 0) is 0 Å². The van der Waals surface area contributed by atoms with Crippen LogP contribution in [0.2, 0.25) is 0 Å². The molecule has 0 spiro atoms. The molecule has 0 unspecified atom stereocenters. The first-order valence-corrected chi connectivity index (χ1v) is 8.20. The number of nitrogens with zero attached hydrogens (tertiary/aromatic N) is 2. The molecule has 1 saturated heterocycles. The van der Waals surface area contributed by atoms with Crippen molar-refractivity contribution in [3.8, 4) is 11.3 Å². The molecule has 1 fully saturated rings. The van der Waals surface area contributed by atoms with Crippen molar-refractivity contribution < 1.29 is 4.79 Å². The highest BCUT2D eigenvalue weighted by molar-refractivity contribution is 7.08. The van der Waals surface area contributed by atoms with E-state index in [0.29, 0.717) is 0 Å².